The highest BCUT2D eigenvalue weighted by Gasteiger charge is 2.29. The van der Waals surface area contributed by atoms with E-state index < -0.39 is 0 Å². The van der Waals surface area contributed by atoms with E-state index in [1.807, 2.05) is 49.3 Å². The smallest absolute Gasteiger partial charge is 0.275 e. The fourth-order valence-corrected chi connectivity index (χ4v) is 3.05. The van der Waals surface area contributed by atoms with Crippen LogP contribution in [0.4, 0.5) is 5.95 Å². The van der Waals surface area contributed by atoms with Gasteiger partial charge in [-0.15, -0.1) is 0 Å². The lowest BCUT2D eigenvalue weighted by Gasteiger charge is -2.32. The van der Waals surface area contributed by atoms with Crippen molar-refractivity contribution in [1.82, 2.24) is 25.1 Å². The van der Waals surface area contributed by atoms with Crippen LogP contribution in [0.25, 0.3) is 10.9 Å². The van der Waals surface area contributed by atoms with Gasteiger partial charge in [-0.05, 0) is 12.1 Å². The number of amides is 1. The number of carbonyl (C=O) groups is 1. The Morgan fingerprint density at radius 1 is 1.31 bits per heavy atom. The predicted molar refractivity (Wildman–Crippen MR) is 97.0 cm³/mol. The van der Waals surface area contributed by atoms with E-state index in [4.69, 9.17) is 4.74 Å². The van der Waals surface area contributed by atoms with Crippen LogP contribution in [0.5, 0.6) is 0 Å². The number of hydrogen-bond acceptors (Lipinski definition) is 6. The van der Waals surface area contributed by atoms with Crippen LogP contribution >= 0.6 is 0 Å². The van der Waals surface area contributed by atoms with Gasteiger partial charge in [0.1, 0.15) is 6.10 Å². The van der Waals surface area contributed by atoms with E-state index in [-0.39, 0.29) is 12.0 Å². The number of hydrogen-bond donors (Lipinski definition) is 1. The van der Waals surface area contributed by atoms with Crippen molar-refractivity contribution in [3.8, 4) is 0 Å². The molecule has 0 spiro atoms. The summed E-state index contributed by atoms with van der Waals surface area (Å²) in [6, 6.07) is 9.45. The minimum atomic E-state index is -0.278. The number of ether oxygens (including phenoxy) is 1. The number of H-pyrrole nitrogens is 1. The Morgan fingerprint density at radius 2 is 2.15 bits per heavy atom. The summed E-state index contributed by atoms with van der Waals surface area (Å²) in [5.74, 6) is 0.519. The van der Waals surface area contributed by atoms with E-state index in [1.54, 1.807) is 11.1 Å². The van der Waals surface area contributed by atoms with Crippen LogP contribution in [0.1, 0.15) is 22.3 Å². The van der Waals surface area contributed by atoms with Crippen LogP contribution in [0, 0.1) is 0 Å². The van der Waals surface area contributed by atoms with E-state index in [9.17, 15) is 4.79 Å². The van der Waals surface area contributed by atoms with Gasteiger partial charge in [-0.25, -0.2) is 9.97 Å². The number of rotatable bonds is 3. The number of anilines is 1. The zero-order valence-electron chi connectivity index (χ0n) is 14.7. The second-order valence-electron chi connectivity index (χ2n) is 6.40. The van der Waals surface area contributed by atoms with Gasteiger partial charge < -0.3 is 14.5 Å². The molecule has 3 heterocycles. The largest absolute Gasteiger partial charge is 0.368 e. The molecule has 1 saturated heterocycles. The van der Waals surface area contributed by atoms with Gasteiger partial charge in [0.15, 0.2) is 5.69 Å². The van der Waals surface area contributed by atoms with Gasteiger partial charge in [0.05, 0.1) is 24.4 Å². The molecular weight excluding hydrogens is 332 g/mol. The SMILES string of the molecule is CN(C)c1nccc(C2CN(C(=O)c3n[nH]c4ccccc34)CCO2)n1. The number of aromatic nitrogens is 4. The van der Waals surface area contributed by atoms with Crippen molar-refractivity contribution in [2.45, 2.75) is 6.10 Å². The maximum Gasteiger partial charge on any atom is 0.275 e. The maximum absolute atomic E-state index is 13.0. The molecule has 2 aromatic heterocycles. The van der Waals surface area contributed by atoms with Crippen LogP contribution < -0.4 is 4.90 Å². The average Bonchev–Trinajstić information content (AvgIpc) is 3.12. The molecule has 1 aliphatic rings. The van der Waals surface area contributed by atoms with Crippen LogP contribution in [0.2, 0.25) is 0 Å². The fourth-order valence-electron chi connectivity index (χ4n) is 3.05. The molecule has 0 radical (unpaired) electrons. The van der Waals surface area contributed by atoms with Crippen molar-refractivity contribution in [3.63, 3.8) is 0 Å². The minimum absolute atomic E-state index is 0.0994. The summed E-state index contributed by atoms with van der Waals surface area (Å²) in [4.78, 5) is 25.3. The number of fused-ring (bicyclic) bond motifs is 1. The Hall–Kier alpha value is -3.00. The molecule has 4 rings (SSSR count). The molecule has 1 aliphatic heterocycles. The third kappa shape index (κ3) is 2.99. The molecule has 26 heavy (non-hydrogen) atoms. The van der Waals surface area contributed by atoms with Gasteiger partial charge in [-0.3, -0.25) is 9.89 Å². The molecular formula is C18H20N6O2. The Morgan fingerprint density at radius 3 is 3.00 bits per heavy atom. The number of nitrogens with zero attached hydrogens (tertiary/aromatic N) is 5. The first-order valence-electron chi connectivity index (χ1n) is 8.48. The first kappa shape index (κ1) is 16.5. The van der Waals surface area contributed by atoms with Crippen molar-refractivity contribution < 1.29 is 9.53 Å². The number of benzene rings is 1. The van der Waals surface area contributed by atoms with Crippen molar-refractivity contribution in [3.05, 3.63) is 47.9 Å². The molecule has 0 aliphatic carbocycles. The van der Waals surface area contributed by atoms with Gasteiger partial charge in [-0.1, -0.05) is 18.2 Å². The third-order valence-electron chi connectivity index (χ3n) is 4.42. The molecule has 134 valence electrons. The predicted octanol–water partition coefficient (Wildman–Crippen LogP) is 1.63. The highest BCUT2D eigenvalue weighted by molar-refractivity contribution is 6.04. The molecule has 1 atom stereocenters. The Labute approximate surface area is 150 Å². The van der Waals surface area contributed by atoms with Gasteiger partial charge in [0.2, 0.25) is 5.95 Å². The second-order valence-corrected chi connectivity index (χ2v) is 6.40. The number of carbonyl (C=O) groups excluding carboxylic acids is 1. The fraction of sp³-hybridized carbons (Fsp3) is 0.333. The topological polar surface area (TPSA) is 87.2 Å². The summed E-state index contributed by atoms with van der Waals surface area (Å²) in [6.45, 7) is 1.42. The zero-order chi connectivity index (χ0) is 18.1. The van der Waals surface area contributed by atoms with Crippen LogP contribution in [-0.2, 0) is 4.74 Å². The van der Waals surface area contributed by atoms with E-state index in [1.165, 1.54) is 0 Å². The molecule has 0 bridgehead atoms. The summed E-state index contributed by atoms with van der Waals surface area (Å²) in [5.41, 5.74) is 2.07. The van der Waals surface area contributed by atoms with Crippen LogP contribution in [0.3, 0.4) is 0 Å². The highest BCUT2D eigenvalue weighted by atomic mass is 16.5. The molecule has 1 unspecified atom stereocenters. The lowest BCUT2D eigenvalue weighted by molar-refractivity contribution is -0.0248. The molecule has 1 N–H and O–H groups in total. The number of para-hydroxylation sites is 1. The summed E-state index contributed by atoms with van der Waals surface area (Å²) < 4.78 is 5.85. The van der Waals surface area contributed by atoms with Gasteiger partial charge in [0.25, 0.3) is 5.91 Å². The lowest BCUT2D eigenvalue weighted by atomic mass is 10.1. The molecule has 1 amide bonds. The van der Waals surface area contributed by atoms with E-state index >= 15 is 0 Å². The Balaban J connectivity index is 1.57. The summed E-state index contributed by atoms with van der Waals surface area (Å²) in [5, 5.41) is 7.96. The number of nitrogens with one attached hydrogen (secondary N) is 1. The summed E-state index contributed by atoms with van der Waals surface area (Å²) in [7, 11) is 3.78. The zero-order valence-corrected chi connectivity index (χ0v) is 14.7. The van der Waals surface area contributed by atoms with Crippen LogP contribution in [0.15, 0.2) is 36.5 Å². The normalized spacial score (nSPS) is 17.5. The monoisotopic (exact) mass is 352 g/mol. The quantitative estimate of drug-likeness (QED) is 0.771. The lowest BCUT2D eigenvalue weighted by Crippen LogP contribution is -2.42. The number of morpholine rings is 1. The van der Waals surface area contributed by atoms with Crippen molar-refractivity contribution >= 4 is 22.8 Å². The third-order valence-corrected chi connectivity index (χ3v) is 4.42. The van der Waals surface area contributed by atoms with Crippen LogP contribution in [-0.4, -0.2) is 64.8 Å². The molecule has 1 fully saturated rings. The van der Waals surface area contributed by atoms with Crippen molar-refractivity contribution in [2.75, 3.05) is 38.7 Å². The van der Waals surface area contributed by atoms with Gasteiger partial charge in [-0.2, -0.15) is 5.10 Å². The Bertz CT molecular complexity index is 938. The molecule has 8 nitrogen and oxygen atoms in total. The maximum atomic E-state index is 13.0. The number of aromatic amines is 1. The first-order chi connectivity index (χ1) is 12.6. The van der Waals surface area contributed by atoms with Gasteiger partial charge in [0, 0.05) is 32.2 Å². The Kier molecular flexibility index (Phi) is 4.26. The highest BCUT2D eigenvalue weighted by Crippen LogP contribution is 2.24. The molecule has 8 heteroatoms. The van der Waals surface area contributed by atoms with E-state index in [2.05, 4.69) is 20.2 Å². The minimum Gasteiger partial charge on any atom is -0.368 e. The first-order valence-corrected chi connectivity index (χ1v) is 8.48. The van der Waals surface area contributed by atoms with Crippen molar-refractivity contribution in [1.29, 1.82) is 0 Å². The van der Waals surface area contributed by atoms with E-state index in [0.29, 0.717) is 31.3 Å². The second kappa shape index (κ2) is 6.72. The molecule has 3 aromatic rings. The van der Waals surface area contributed by atoms with E-state index in [0.717, 1.165) is 16.6 Å². The average molecular weight is 352 g/mol. The summed E-state index contributed by atoms with van der Waals surface area (Å²) in [6.07, 6.45) is 1.43. The molecule has 0 saturated carbocycles. The standard InChI is InChI=1S/C18H20N6O2/c1-23(2)18-19-8-7-14(20-18)15-11-24(9-10-26-15)17(25)16-12-5-3-4-6-13(12)21-22-16/h3-8,15H,9-11H2,1-2H3,(H,21,22). The molecule has 1 aromatic carbocycles. The summed E-state index contributed by atoms with van der Waals surface area (Å²) >= 11 is 0. The van der Waals surface area contributed by atoms with Gasteiger partial charge >= 0.3 is 0 Å². The van der Waals surface area contributed by atoms with Crippen molar-refractivity contribution in [2.24, 2.45) is 0 Å².